The van der Waals surface area contributed by atoms with Crippen molar-refractivity contribution < 1.29 is 19.1 Å². The van der Waals surface area contributed by atoms with Crippen LogP contribution in [0.1, 0.15) is 16.8 Å². The Morgan fingerprint density at radius 2 is 2.53 bits per heavy atom. The fourth-order valence-corrected chi connectivity index (χ4v) is 2.26. The number of amides is 1. The summed E-state index contributed by atoms with van der Waals surface area (Å²) in [5, 5.41) is 9.34. The van der Waals surface area contributed by atoms with Crippen molar-refractivity contribution in [1.29, 1.82) is 0 Å². The van der Waals surface area contributed by atoms with Crippen molar-refractivity contribution in [3.8, 4) is 0 Å². The molecule has 1 N–H and O–H groups in total. The minimum atomic E-state index is -0.234. The lowest BCUT2D eigenvalue weighted by molar-refractivity contribution is 0.0647. The highest BCUT2D eigenvalue weighted by Crippen LogP contribution is 2.25. The van der Waals surface area contributed by atoms with Crippen molar-refractivity contribution in [2.45, 2.75) is 18.6 Å². The van der Waals surface area contributed by atoms with E-state index in [0.717, 1.165) is 0 Å². The second-order valence-electron chi connectivity index (χ2n) is 4.00. The molecule has 0 aromatic carbocycles. The average molecular weight is 260 g/mol. The van der Waals surface area contributed by atoms with Gasteiger partial charge in [0, 0.05) is 13.7 Å². The van der Waals surface area contributed by atoms with Crippen molar-refractivity contribution in [1.82, 2.24) is 4.90 Å². The van der Waals surface area contributed by atoms with Crippen molar-refractivity contribution in [3.63, 3.8) is 0 Å². The number of ether oxygens (including phenoxy) is 1. The van der Waals surface area contributed by atoms with Gasteiger partial charge in [0.05, 0.1) is 30.6 Å². The number of aliphatic hydroxyl groups is 1. The van der Waals surface area contributed by atoms with Crippen LogP contribution in [0.2, 0.25) is 5.22 Å². The van der Waals surface area contributed by atoms with Gasteiger partial charge in [0.2, 0.25) is 5.22 Å². The Labute approximate surface area is 104 Å². The van der Waals surface area contributed by atoms with Gasteiger partial charge in [-0.15, -0.1) is 0 Å². The zero-order chi connectivity index (χ0) is 12.4. The van der Waals surface area contributed by atoms with Gasteiger partial charge >= 0.3 is 0 Å². The van der Waals surface area contributed by atoms with E-state index in [4.69, 9.17) is 20.8 Å². The highest BCUT2D eigenvalue weighted by atomic mass is 35.5. The van der Waals surface area contributed by atoms with Crippen LogP contribution in [-0.4, -0.2) is 48.3 Å². The summed E-state index contributed by atoms with van der Waals surface area (Å²) in [5.41, 5.74) is 0.321. The summed E-state index contributed by atoms with van der Waals surface area (Å²) < 4.78 is 10.1. The van der Waals surface area contributed by atoms with Crippen LogP contribution in [0, 0.1) is 0 Å². The van der Waals surface area contributed by atoms with Crippen molar-refractivity contribution in [2.24, 2.45) is 0 Å². The molecular formula is C11H14ClNO4. The number of methoxy groups -OCH3 is 1. The first-order valence-electron chi connectivity index (χ1n) is 5.35. The number of rotatable bonds is 3. The second-order valence-corrected chi connectivity index (χ2v) is 4.34. The van der Waals surface area contributed by atoms with Crippen LogP contribution in [0.5, 0.6) is 0 Å². The normalized spacial score (nSPS) is 24.3. The maximum atomic E-state index is 12.2. The molecule has 1 aliphatic rings. The molecule has 0 spiro atoms. The molecule has 0 radical (unpaired) electrons. The quantitative estimate of drug-likeness (QED) is 0.885. The van der Waals surface area contributed by atoms with Crippen LogP contribution >= 0.6 is 11.6 Å². The Hall–Kier alpha value is -1.04. The lowest BCUT2D eigenvalue weighted by Gasteiger charge is -2.22. The molecule has 6 heteroatoms. The van der Waals surface area contributed by atoms with Crippen LogP contribution in [0.25, 0.3) is 0 Å². The number of likely N-dealkylation sites (tertiary alicyclic amines) is 1. The summed E-state index contributed by atoms with van der Waals surface area (Å²) in [6, 6.07) is 1.30. The number of hydrogen-bond acceptors (Lipinski definition) is 4. The fourth-order valence-electron chi connectivity index (χ4n) is 2.07. The van der Waals surface area contributed by atoms with E-state index in [1.165, 1.54) is 12.3 Å². The smallest absolute Gasteiger partial charge is 0.259 e. The van der Waals surface area contributed by atoms with Crippen molar-refractivity contribution in [2.75, 3.05) is 20.3 Å². The van der Waals surface area contributed by atoms with Crippen LogP contribution in [0.3, 0.4) is 0 Å². The molecule has 1 aromatic rings. The Morgan fingerprint density at radius 1 is 1.76 bits per heavy atom. The molecule has 1 aromatic heterocycles. The van der Waals surface area contributed by atoms with Crippen LogP contribution in [0.4, 0.5) is 0 Å². The number of halogens is 1. The van der Waals surface area contributed by atoms with Crippen molar-refractivity contribution in [3.05, 3.63) is 23.1 Å². The number of aliphatic hydroxyl groups excluding tert-OH is 1. The molecule has 0 saturated carbocycles. The molecule has 2 rings (SSSR count). The molecule has 2 atom stereocenters. The molecule has 1 fully saturated rings. The monoisotopic (exact) mass is 259 g/mol. The summed E-state index contributed by atoms with van der Waals surface area (Å²) in [7, 11) is 1.60. The van der Waals surface area contributed by atoms with Crippen LogP contribution in [-0.2, 0) is 4.74 Å². The zero-order valence-electron chi connectivity index (χ0n) is 9.43. The summed E-state index contributed by atoms with van der Waals surface area (Å²) in [5.74, 6) is -0.234. The Bertz CT molecular complexity index is 406. The topological polar surface area (TPSA) is 62.9 Å². The third-order valence-corrected chi connectivity index (χ3v) is 3.32. The maximum Gasteiger partial charge on any atom is 0.259 e. The van der Waals surface area contributed by atoms with Gasteiger partial charge in [0.15, 0.2) is 0 Å². The number of carbonyl (C=O) groups excluding carboxylic acids is 1. The average Bonchev–Trinajstić information content (AvgIpc) is 2.93. The highest BCUT2D eigenvalue weighted by Gasteiger charge is 2.36. The molecule has 0 bridgehead atoms. The number of carbonyl (C=O) groups is 1. The first kappa shape index (κ1) is 12.4. The molecule has 1 amide bonds. The molecule has 94 valence electrons. The molecule has 5 nitrogen and oxygen atoms in total. The first-order valence-corrected chi connectivity index (χ1v) is 5.72. The summed E-state index contributed by atoms with van der Waals surface area (Å²) in [4.78, 5) is 13.7. The largest absolute Gasteiger partial charge is 0.452 e. The van der Waals surface area contributed by atoms with Gasteiger partial charge in [-0.3, -0.25) is 4.79 Å². The van der Waals surface area contributed by atoms with E-state index >= 15 is 0 Å². The molecule has 2 heterocycles. The van der Waals surface area contributed by atoms with Gasteiger partial charge in [-0.1, -0.05) is 0 Å². The van der Waals surface area contributed by atoms with Crippen LogP contribution in [0.15, 0.2) is 16.7 Å². The number of furan rings is 1. The molecule has 0 unspecified atom stereocenters. The Balaban J connectivity index is 2.16. The molecule has 1 aliphatic heterocycles. The SMILES string of the molecule is CO[C@H]1C[C@@H](CO)N(C(=O)c2ccoc2Cl)C1. The van der Waals surface area contributed by atoms with Gasteiger partial charge in [0.1, 0.15) is 0 Å². The van der Waals surface area contributed by atoms with E-state index in [0.29, 0.717) is 18.5 Å². The minimum Gasteiger partial charge on any atom is -0.452 e. The molecule has 0 aliphatic carbocycles. The van der Waals surface area contributed by atoms with Crippen LogP contribution < -0.4 is 0 Å². The standard InChI is InChI=1S/C11H14ClNO4/c1-16-8-4-7(6-14)13(5-8)11(15)9-2-3-17-10(9)12/h2-3,7-8,14H,4-6H2,1H3/t7-,8-/m0/s1. The predicted molar refractivity (Wildman–Crippen MR) is 61.0 cm³/mol. The third-order valence-electron chi connectivity index (χ3n) is 3.03. The molecule has 17 heavy (non-hydrogen) atoms. The van der Waals surface area contributed by atoms with E-state index in [9.17, 15) is 9.90 Å². The zero-order valence-corrected chi connectivity index (χ0v) is 10.2. The first-order chi connectivity index (χ1) is 8.17. The Kier molecular flexibility index (Phi) is 3.71. The maximum absolute atomic E-state index is 12.2. The van der Waals surface area contributed by atoms with Crippen molar-refractivity contribution >= 4 is 17.5 Å². The summed E-state index contributed by atoms with van der Waals surface area (Å²) in [6.07, 6.45) is 1.96. The van der Waals surface area contributed by atoms with E-state index in [1.54, 1.807) is 12.0 Å². The van der Waals surface area contributed by atoms with Gasteiger partial charge in [0.25, 0.3) is 5.91 Å². The summed E-state index contributed by atoms with van der Waals surface area (Å²) in [6.45, 7) is 0.378. The number of hydrogen-bond donors (Lipinski definition) is 1. The van der Waals surface area contributed by atoms with E-state index in [1.807, 2.05) is 0 Å². The highest BCUT2D eigenvalue weighted by molar-refractivity contribution is 6.32. The Morgan fingerprint density at radius 3 is 3.06 bits per heavy atom. The van der Waals surface area contributed by atoms with Gasteiger partial charge < -0.3 is 19.2 Å². The summed E-state index contributed by atoms with van der Waals surface area (Å²) >= 11 is 5.77. The molecule has 1 saturated heterocycles. The van der Waals surface area contributed by atoms with E-state index in [2.05, 4.69) is 0 Å². The minimum absolute atomic E-state index is 0.0400. The van der Waals surface area contributed by atoms with E-state index < -0.39 is 0 Å². The van der Waals surface area contributed by atoms with Gasteiger partial charge in [-0.25, -0.2) is 0 Å². The number of nitrogens with zero attached hydrogens (tertiary/aromatic N) is 1. The molecular weight excluding hydrogens is 246 g/mol. The lowest BCUT2D eigenvalue weighted by atomic mass is 10.2. The fraction of sp³-hybridized carbons (Fsp3) is 0.545. The van der Waals surface area contributed by atoms with Gasteiger partial charge in [-0.05, 0) is 24.1 Å². The second kappa shape index (κ2) is 5.08. The van der Waals surface area contributed by atoms with E-state index in [-0.39, 0.29) is 29.9 Å². The lowest BCUT2D eigenvalue weighted by Crippen LogP contribution is -2.38. The predicted octanol–water partition coefficient (Wildman–Crippen LogP) is 1.15. The third kappa shape index (κ3) is 2.31. The van der Waals surface area contributed by atoms with Gasteiger partial charge in [-0.2, -0.15) is 0 Å².